The molecule has 0 aromatic heterocycles. The number of urea groups is 1. The summed E-state index contributed by atoms with van der Waals surface area (Å²) in [5.41, 5.74) is 3.99. The van der Waals surface area contributed by atoms with Crippen molar-refractivity contribution in [3.05, 3.63) is 95.6 Å². The number of nitrogens with zero attached hydrogens (tertiary/aromatic N) is 1. The minimum absolute atomic E-state index is 0.161. The minimum atomic E-state index is -0.974. The number of amides is 2. The highest BCUT2D eigenvalue weighted by Gasteiger charge is 2.18. The summed E-state index contributed by atoms with van der Waals surface area (Å²) >= 11 is 0. The second-order valence-electron chi connectivity index (χ2n) is 8.85. The van der Waals surface area contributed by atoms with E-state index in [2.05, 4.69) is 17.4 Å². The summed E-state index contributed by atoms with van der Waals surface area (Å²) in [4.78, 5) is 26.1. The zero-order valence-electron chi connectivity index (χ0n) is 21.6. The number of carbonyl (C=O) groups excluding carboxylic acids is 1. The molecule has 0 spiro atoms. The molecule has 37 heavy (non-hydrogen) atoms. The lowest BCUT2D eigenvalue weighted by atomic mass is 10.1. The largest absolute Gasteiger partial charge is 0.492 e. The van der Waals surface area contributed by atoms with Crippen LogP contribution in [0.2, 0.25) is 0 Å². The molecule has 0 fully saturated rings. The van der Waals surface area contributed by atoms with Gasteiger partial charge in [-0.25, -0.2) is 9.59 Å². The molecule has 1 unspecified atom stereocenters. The van der Waals surface area contributed by atoms with E-state index in [4.69, 9.17) is 9.47 Å². The third-order valence-corrected chi connectivity index (χ3v) is 5.94. The number of hydrogen-bond donors (Lipinski definition) is 2. The summed E-state index contributed by atoms with van der Waals surface area (Å²) in [5, 5.41) is 12.3. The zero-order valence-corrected chi connectivity index (χ0v) is 21.6. The molecule has 0 saturated carbocycles. The van der Waals surface area contributed by atoms with Crippen LogP contribution in [0.25, 0.3) is 0 Å². The fraction of sp³-hybridized carbons (Fsp3) is 0.333. The van der Waals surface area contributed by atoms with Gasteiger partial charge in [-0.2, -0.15) is 0 Å². The van der Waals surface area contributed by atoms with Gasteiger partial charge in [0.25, 0.3) is 0 Å². The Labute approximate surface area is 219 Å². The predicted molar refractivity (Wildman–Crippen MR) is 145 cm³/mol. The molecule has 196 valence electrons. The Morgan fingerprint density at radius 2 is 1.62 bits per heavy atom. The maximum absolute atomic E-state index is 13.0. The molecule has 1 atom stereocenters. The SMILES string of the molecule is CCOC(Cc1ccc(OCCN(CCCc2ccccc2)C(=O)Nc2ccc(C)cc2)cc1)C(=O)O. The summed E-state index contributed by atoms with van der Waals surface area (Å²) in [6.07, 6.45) is 1.15. The van der Waals surface area contributed by atoms with Gasteiger partial charge in [0.2, 0.25) is 0 Å². The number of aliphatic carboxylic acids is 1. The maximum atomic E-state index is 13.0. The van der Waals surface area contributed by atoms with Crippen LogP contribution < -0.4 is 10.1 Å². The van der Waals surface area contributed by atoms with E-state index < -0.39 is 12.1 Å². The van der Waals surface area contributed by atoms with Gasteiger partial charge in [0, 0.05) is 25.3 Å². The van der Waals surface area contributed by atoms with Crippen molar-refractivity contribution >= 4 is 17.7 Å². The lowest BCUT2D eigenvalue weighted by Crippen LogP contribution is -2.38. The normalized spacial score (nSPS) is 11.5. The number of hydrogen-bond acceptors (Lipinski definition) is 4. The lowest BCUT2D eigenvalue weighted by Gasteiger charge is -2.23. The molecule has 7 nitrogen and oxygen atoms in total. The van der Waals surface area contributed by atoms with Gasteiger partial charge in [0.1, 0.15) is 12.4 Å². The Kier molecular flexibility index (Phi) is 11.0. The third-order valence-electron chi connectivity index (χ3n) is 5.94. The van der Waals surface area contributed by atoms with Crippen LogP contribution in [0.3, 0.4) is 0 Å². The highest BCUT2D eigenvalue weighted by atomic mass is 16.5. The molecule has 0 heterocycles. The molecule has 2 amide bonds. The molecule has 2 N–H and O–H groups in total. The summed E-state index contributed by atoms with van der Waals surface area (Å²) in [6, 6.07) is 25.1. The van der Waals surface area contributed by atoms with Gasteiger partial charge < -0.3 is 24.8 Å². The molecule has 3 rings (SSSR count). The molecule has 0 aliphatic heterocycles. The second-order valence-corrected chi connectivity index (χ2v) is 8.85. The first-order chi connectivity index (χ1) is 17.9. The van der Waals surface area contributed by atoms with E-state index in [1.54, 1.807) is 11.8 Å². The first kappa shape index (κ1) is 27.7. The van der Waals surface area contributed by atoms with Crippen LogP contribution in [0.15, 0.2) is 78.9 Å². The number of nitrogens with one attached hydrogen (secondary N) is 1. The van der Waals surface area contributed by atoms with Crippen molar-refractivity contribution in [3.63, 3.8) is 0 Å². The van der Waals surface area contributed by atoms with E-state index in [0.29, 0.717) is 32.1 Å². The molecule has 0 saturated heterocycles. The average Bonchev–Trinajstić information content (AvgIpc) is 2.90. The molecule has 0 aliphatic rings. The maximum Gasteiger partial charge on any atom is 0.333 e. The van der Waals surface area contributed by atoms with Gasteiger partial charge in [-0.15, -0.1) is 0 Å². The Balaban J connectivity index is 1.55. The molecular weight excluding hydrogens is 468 g/mol. The number of benzene rings is 3. The quantitative estimate of drug-likeness (QED) is 0.300. The van der Waals surface area contributed by atoms with Crippen LogP contribution in [0, 0.1) is 6.92 Å². The van der Waals surface area contributed by atoms with Gasteiger partial charge in [-0.05, 0) is 62.1 Å². The molecular formula is C30H36N2O5. The second kappa shape index (κ2) is 14.7. The van der Waals surface area contributed by atoms with Crippen LogP contribution in [0.4, 0.5) is 10.5 Å². The van der Waals surface area contributed by atoms with E-state index in [1.165, 1.54) is 5.56 Å². The highest BCUT2D eigenvalue weighted by Crippen LogP contribution is 2.15. The van der Waals surface area contributed by atoms with E-state index in [0.717, 1.165) is 29.7 Å². The number of aryl methyl sites for hydroxylation is 2. The Morgan fingerprint density at radius 1 is 0.919 bits per heavy atom. The van der Waals surface area contributed by atoms with Crippen LogP contribution in [-0.2, 0) is 22.4 Å². The molecule has 3 aromatic rings. The summed E-state index contributed by atoms with van der Waals surface area (Å²) in [6.45, 7) is 5.50. The number of ether oxygens (including phenoxy) is 2. The van der Waals surface area contributed by atoms with Crippen LogP contribution in [-0.4, -0.2) is 54.4 Å². The van der Waals surface area contributed by atoms with Crippen molar-refractivity contribution in [1.29, 1.82) is 0 Å². The first-order valence-corrected chi connectivity index (χ1v) is 12.7. The van der Waals surface area contributed by atoms with Crippen molar-refractivity contribution in [1.82, 2.24) is 4.90 Å². The zero-order chi connectivity index (χ0) is 26.5. The molecule has 0 aliphatic carbocycles. The summed E-state index contributed by atoms with van der Waals surface area (Å²) in [7, 11) is 0. The fourth-order valence-electron chi connectivity index (χ4n) is 3.90. The number of rotatable bonds is 14. The number of carbonyl (C=O) groups is 2. The lowest BCUT2D eigenvalue weighted by molar-refractivity contribution is -0.149. The number of carboxylic acids is 1. The van der Waals surface area contributed by atoms with Crippen molar-refractivity contribution < 1.29 is 24.2 Å². The van der Waals surface area contributed by atoms with Crippen LogP contribution in [0.1, 0.15) is 30.0 Å². The van der Waals surface area contributed by atoms with Crippen molar-refractivity contribution in [2.45, 2.75) is 39.2 Å². The minimum Gasteiger partial charge on any atom is -0.492 e. The smallest absolute Gasteiger partial charge is 0.333 e. The van der Waals surface area contributed by atoms with Crippen molar-refractivity contribution in [3.8, 4) is 5.75 Å². The van der Waals surface area contributed by atoms with E-state index in [-0.39, 0.29) is 12.5 Å². The van der Waals surface area contributed by atoms with Gasteiger partial charge >= 0.3 is 12.0 Å². The van der Waals surface area contributed by atoms with Gasteiger partial charge in [-0.3, -0.25) is 0 Å². The van der Waals surface area contributed by atoms with Gasteiger partial charge in [0.05, 0.1) is 6.54 Å². The topological polar surface area (TPSA) is 88.1 Å². The van der Waals surface area contributed by atoms with E-state index in [1.807, 2.05) is 73.7 Å². The molecule has 7 heteroatoms. The van der Waals surface area contributed by atoms with Crippen LogP contribution >= 0.6 is 0 Å². The van der Waals surface area contributed by atoms with Crippen LogP contribution in [0.5, 0.6) is 5.75 Å². The third kappa shape index (κ3) is 9.61. The van der Waals surface area contributed by atoms with E-state index >= 15 is 0 Å². The van der Waals surface area contributed by atoms with Crippen molar-refractivity contribution in [2.75, 3.05) is 31.6 Å². The molecule has 0 bridgehead atoms. The first-order valence-electron chi connectivity index (χ1n) is 12.7. The Hall–Kier alpha value is -3.84. The van der Waals surface area contributed by atoms with Crippen molar-refractivity contribution in [2.24, 2.45) is 0 Å². The highest BCUT2D eigenvalue weighted by molar-refractivity contribution is 5.89. The monoisotopic (exact) mass is 504 g/mol. The summed E-state index contributed by atoms with van der Waals surface area (Å²) < 4.78 is 11.2. The standard InChI is InChI=1S/C30H36N2O5/c1-3-36-28(29(33)34)22-25-13-17-27(18-14-25)37-21-20-32(19-7-10-24-8-5-4-6-9-24)30(35)31-26-15-11-23(2)12-16-26/h4-6,8-9,11-18,28H,3,7,10,19-22H2,1-2H3,(H,31,35)(H,33,34). The van der Waals surface area contributed by atoms with E-state index in [9.17, 15) is 14.7 Å². The molecule has 0 radical (unpaired) electrons. The van der Waals surface area contributed by atoms with Gasteiger partial charge in [-0.1, -0.05) is 60.2 Å². The average molecular weight is 505 g/mol. The summed E-state index contributed by atoms with van der Waals surface area (Å²) in [5.74, 6) is -0.311. The predicted octanol–water partition coefficient (Wildman–Crippen LogP) is 5.57. The number of anilines is 1. The fourth-order valence-corrected chi connectivity index (χ4v) is 3.90. The number of carboxylic acid groups (broad SMARTS) is 1. The Morgan fingerprint density at radius 3 is 2.27 bits per heavy atom. The molecule has 3 aromatic carbocycles. The van der Waals surface area contributed by atoms with Gasteiger partial charge in [0.15, 0.2) is 6.10 Å². The Bertz CT molecular complexity index is 1100.